The summed E-state index contributed by atoms with van der Waals surface area (Å²) in [5, 5.41) is 9.70. The number of nitrogens with two attached hydrogens (primary N) is 1. The Morgan fingerprint density at radius 1 is 1.20 bits per heavy atom. The lowest BCUT2D eigenvalue weighted by Gasteiger charge is -2.50. The molecule has 2 nitrogen and oxygen atoms in total. The molecule has 3 aliphatic carbocycles. The van der Waals surface area contributed by atoms with Gasteiger partial charge in [0.2, 0.25) is 0 Å². The molecule has 2 fully saturated rings. The first kappa shape index (κ1) is 12.7. The van der Waals surface area contributed by atoms with Crippen LogP contribution >= 0.6 is 0 Å². The van der Waals surface area contributed by atoms with Gasteiger partial charge in [-0.25, -0.2) is 0 Å². The second kappa shape index (κ2) is 4.49. The molecule has 0 amide bonds. The predicted octanol–water partition coefficient (Wildman–Crippen LogP) is 3.58. The highest BCUT2D eigenvalue weighted by molar-refractivity contribution is 5.40. The predicted molar refractivity (Wildman–Crippen MR) is 80.7 cm³/mol. The number of rotatable bonds is 1. The Balaban J connectivity index is 1.71. The van der Waals surface area contributed by atoms with Crippen molar-refractivity contribution in [3.8, 4) is 5.75 Å². The lowest BCUT2D eigenvalue weighted by Crippen LogP contribution is -2.45. The van der Waals surface area contributed by atoms with Gasteiger partial charge in [-0.15, -0.1) is 0 Å². The van der Waals surface area contributed by atoms with E-state index >= 15 is 0 Å². The number of aromatic hydroxyl groups is 1. The molecule has 3 N–H and O–H groups in total. The molecule has 2 heteroatoms. The zero-order chi connectivity index (χ0) is 13.7. The summed E-state index contributed by atoms with van der Waals surface area (Å²) in [5.74, 6) is 2.84. The van der Waals surface area contributed by atoms with Crippen LogP contribution in [0.25, 0.3) is 0 Å². The second-order valence-corrected chi connectivity index (χ2v) is 7.30. The fraction of sp³-hybridized carbons (Fsp3) is 0.667. The number of phenols is 1. The van der Waals surface area contributed by atoms with Gasteiger partial charge in [-0.3, -0.25) is 0 Å². The van der Waals surface area contributed by atoms with E-state index in [-0.39, 0.29) is 0 Å². The topological polar surface area (TPSA) is 46.2 Å². The number of phenolic OH excluding ortho intramolecular Hbond substituents is 1. The maximum Gasteiger partial charge on any atom is 0.115 e. The van der Waals surface area contributed by atoms with Crippen LogP contribution in [0.2, 0.25) is 0 Å². The summed E-state index contributed by atoms with van der Waals surface area (Å²) in [6, 6.07) is 6.05. The van der Waals surface area contributed by atoms with Gasteiger partial charge < -0.3 is 10.8 Å². The molecule has 0 aromatic heterocycles. The van der Waals surface area contributed by atoms with Crippen LogP contribution in [0.1, 0.15) is 55.6 Å². The number of hydrogen-bond donors (Lipinski definition) is 2. The third-order valence-corrected chi connectivity index (χ3v) is 6.64. The minimum Gasteiger partial charge on any atom is -0.508 e. The Labute approximate surface area is 121 Å². The maximum absolute atomic E-state index is 9.70. The molecular weight excluding hydrogens is 246 g/mol. The monoisotopic (exact) mass is 271 g/mol. The zero-order valence-electron chi connectivity index (χ0n) is 12.1. The van der Waals surface area contributed by atoms with Crippen molar-refractivity contribution in [3.63, 3.8) is 0 Å². The SMILES string of the molecule is NC[C@@]12CCC[C@H]1[C@@H]1CCc3cc(O)ccc3[C@H]1CC2. The first-order valence-corrected chi connectivity index (χ1v) is 8.25. The molecule has 20 heavy (non-hydrogen) atoms. The summed E-state index contributed by atoms with van der Waals surface area (Å²) < 4.78 is 0. The van der Waals surface area contributed by atoms with Crippen molar-refractivity contribution >= 4 is 0 Å². The van der Waals surface area contributed by atoms with Crippen LogP contribution in [-0.2, 0) is 6.42 Å². The second-order valence-electron chi connectivity index (χ2n) is 7.30. The van der Waals surface area contributed by atoms with E-state index < -0.39 is 0 Å². The minimum absolute atomic E-state index is 0.426. The quantitative estimate of drug-likeness (QED) is 0.820. The molecule has 3 aliphatic rings. The van der Waals surface area contributed by atoms with Crippen molar-refractivity contribution in [1.29, 1.82) is 0 Å². The van der Waals surface area contributed by atoms with Crippen molar-refractivity contribution in [1.82, 2.24) is 0 Å². The first-order chi connectivity index (χ1) is 9.73. The lowest BCUT2D eigenvalue weighted by molar-refractivity contribution is 0.0513. The van der Waals surface area contributed by atoms with Crippen molar-refractivity contribution in [2.75, 3.05) is 6.54 Å². The first-order valence-electron chi connectivity index (χ1n) is 8.25. The number of benzene rings is 1. The lowest BCUT2D eigenvalue weighted by atomic mass is 9.55. The van der Waals surface area contributed by atoms with Gasteiger partial charge in [0.15, 0.2) is 0 Å². The van der Waals surface area contributed by atoms with Gasteiger partial charge in [-0.2, -0.15) is 0 Å². The van der Waals surface area contributed by atoms with Crippen molar-refractivity contribution in [2.24, 2.45) is 23.0 Å². The molecule has 0 spiro atoms. The highest BCUT2D eigenvalue weighted by Gasteiger charge is 2.51. The van der Waals surface area contributed by atoms with E-state index in [2.05, 4.69) is 6.07 Å². The standard InChI is InChI=1S/C18H25NO/c19-11-18-8-1-2-17(18)16-5-3-12-10-13(20)4-6-14(12)15(16)7-9-18/h4,6,10,15-17,20H,1-3,5,7-9,11,19H2/t15-,16-,17+,18+/m1/s1. The molecular formula is C18H25NO. The summed E-state index contributed by atoms with van der Waals surface area (Å²) in [4.78, 5) is 0. The smallest absolute Gasteiger partial charge is 0.115 e. The van der Waals surface area contributed by atoms with E-state index in [4.69, 9.17) is 5.73 Å². The van der Waals surface area contributed by atoms with Gasteiger partial charge in [-0.05, 0) is 91.5 Å². The molecule has 0 unspecified atom stereocenters. The van der Waals surface area contributed by atoms with Crippen LogP contribution in [0.15, 0.2) is 18.2 Å². The van der Waals surface area contributed by atoms with Crippen molar-refractivity contribution in [3.05, 3.63) is 29.3 Å². The number of hydrogen-bond acceptors (Lipinski definition) is 2. The summed E-state index contributed by atoms with van der Waals surface area (Å²) in [6.45, 7) is 0.892. The summed E-state index contributed by atoms with van der Waals surface area (Å²) in [6.07, 6.45) is 9.19. The van der Waals surface area contributed by atoms with Gasteiger partial charge in [-0.1, -0.05) is 12.5 Å². The highest BCUT2D eigenvalue weighted by atomic mass is 16.3. The van der Waals surface area contributed by atoms with E-state index in [1.54, 1.807) is 0 Å². The van der Waals surface area contributed by atoms with Crippen LogP contribution in [0.3, 0.4) is 0 Å². The Morgan fingerprint density at radius 2 is 2.10 bits per heavy atom. The Hall–Kier alpha value is -1.02. The molecule has 0 aliphatic heterocycles. The summed E-state index contributed by atoms with van der Waals surface area (Å²) in [7, 11) is 0. The van der Waals surface area contributed by atoms with Gasteiger partial charge in [0.1, 0.15) is 5.75 Å². The summed E-state index contributed by atoms with van der Waals surface area (Å²) >= 11 is 0. The molecule has 4 atom stereocenters. The van der Waals surface area contributed by atoms with Crippen LogP contribution in [0.4, 0.5) is 0 Å². The average molecular weight is 271 g/mol. The van der Waals surface area contributed by atoms with Gasteiger partial charge in [0, 0.05) is 0 Å². The Morgan fingerprint density at radius 3 is 2.95 bits per heavy atom. The molecule has 0 saturated heterocycles. The summed E-state index contributed by atoms with van der Waals surface area (Å²) in [5.41, 5.74) is 9.57. The number of aryl methyl sites for hydroxylation is 1. The normalized spacial score (nSPS) is 39.0. The molecule has 0 heterocycles. The molecule has 4 rings (SSSR count). The Kier molecular flexibility index (Phi) is 2.85. The maximum atomic E-state index is 9.70. The van der Waals surface area contributed by atoms with E-state index in [9.17, 15) is 5.11 Å². The van der Waals surface area contributed by atoms with Crippen LogP contribution in [-0.4, -0.2) is 11.7 Å². The molecule has 0 bridgehead atoms. The third kappa shape index (κ3) is 1.67. The average Bonchev–Trinajstić information content (AvgIpc) is 2.91. The van der Waals surface area contributed by atoms with E-state index in [0.717, 1.165) is 30.7 Å². The molecule has 2 saturated carbocycles. The highest BCUT2D eigenvalue weighted by Crippen LogP contribution is 2.60. The Bertz CT molecular complexity index is 526. The van der Waals surface area contributed by atoms with E-state index in [0.29, 0.717) is 11.2 Å². The largest absolute Gasteiger partial charge is 0.508 e. The fourth-order valence-corrected chi connectivity index (χ4v) is 5.72. The molecule has 108 valence electrons. The third-order valence-electron chi connectivity index (χ3n) is 6.64. The van der Waals surface area contributed by atoms with Crippen LogP contribution in [0.5, 0.6) is 5.75 Å². The van der Waals surface area contributed by atoms with Crippen LogP contribution < -0.4 is 5.73 Å². The zero-order valence-corrected chi connectivity index (χ0v) is 12.1. The van der Waals surface area contributed by atoms with E-state index in [1.165, 1.54) is 49.7 Å². The molecule has 1 aromatic rings. The van der Waals surface area contributed by atoms with Gasteiger partial charge >= 0.3 is 0 Å². The van der Waals surface area contributed by atoms with Gasteiger partial charge in [0.25, 0.3) is 0 Å². The minimum atomic E-state index is 0.426. The molecule has 0 radical (unpaired) electrons. The van der Waals surface area contributed by atoms with E-state index in [1.807, 2.05) is 12.1 Å². The van der Waals surface area contributed by atoms with Gasteiger partial charge in [0.05, 0.1) is 0 Å². The fourth-order valence-electron chi connectivity index (χ4n) is 5.72. The molecule has 1 aromatic carbocycles. The van der Waals surface area contributed by atoms with Crippen molar-refractivity contribution in [2.45, 2.75) is 50.9 Å². The van der Waals surface area contributed by atoms with Crippen molar-refractivity contribution < 1.29 is 5.11 Å². The van der Waals surface area contributed by atoms with Crippen LogP contribution in [0, 0.1) is 17.3 Å². The number of fused-ring (bicyclic) bond motifs is 5.